The minimum absolute atomic E-state index is 0.166. The first kappa shape index (κ1) is 16.9. The molecule has 1 aromatic carbocycles. The summed E-state index contributed by atoms with van der Waals surface area (Å²) in [5.74, 6) is 0.651. The van der Waals surface area contributed by atoms with Gasteiger partial charge >= 0.3 is 0 Å². The number of nitrogens with one attached hydrogen (secondary N) is 1. The fraction of sp³-hybridized carbons (Fsp3) is 0.250. The summed E-state index contributed by atoms with van der Waals surface area (Å²) in [5, 5.41) is 0.488. The van der Waals surface area contributed by atoms with Crippen molar-refractivity contribution in [2.75, 3.05) is 0 Å². The lowest BCUT2D eigenvalue weighted by Crippen LogP contribution is -2.28. The van der Waals surface area contributed by atoms with Gasteiger partial charge in [0.25, 0.3) is 0 Å². The molecule has 0 aliphatic heterocycles. The summed E-state index contributed by atoms with van der Waals surface area (Å²) in [6, 6.07) is 7.43. The zero-order valence-corrected chi connectivity index (χ0v) is 14.8. The number of rotatable bonds is 5. The van der Waals surface area contributed by atoms with Gasteiger partial charge in [0.2, 0.25) is 10.0 Å². The fourth-order valence-electron chi connectivity index (χ4n) is 2.63. The summed E-state index contributed by atoms with van der Waals surface area (Å²) < 4.78 is 29.7. The fourth-order valence-corrected chi connectivity index (χ4v) is 3.96. The van der Waals surface area contributed by atoms with Gasteiger partial charge < -0.3 is 4.57 Å². The zero-order chi connectivity index (χ0) is 17.3. The number of hydrogen-bond donors (Lipinski definition) is 1. The van der Waals surface area contributed by atoms with Gasteiger partial charge in [-0.15, -0.1) is 0 Å². The molecular formula is C16H17ClN4O2S. The lowest BCUT2D eigenvalue weighted by atomic mass is 10.3. The molecule has 24 heavy (non-hydrogen) atoms. The zero-order valence-electron chi connectivity index (χ0n) is 13.3. The van der Waals surface area contributed by atoms with Crippen molar-refractivity contribution in [3.8, 4) is 0 Å². The monoisotopic (exact) mass is 364 g/mol. The van der Waals surface area contributed by atoms with E-state index in [-0.39, 0.29) is 4.90 Å². The van der Waals surface area contributed by atoms with Crippen molar-refractivity contribution in [3.05, 3.63) is 53.6 Å². The molecule has 0 amide bonds. The lowest BCUT2D eigenvalue weighted by molar-refractivity contribution is 0.549. The molecule has 3 rings (SSSR count). The van der Waals surface area contributed by atoms with E-state index in [0.29, 0.717) is 17.4 Å². The molecule has 0 bridgehead atoms. The Balaban J connectivity index is 1.95. The largest absolute Gasteiger partial charge is 0.327 e. The van der Waals surface area contributed by atoms with E-state index in [4.69, 9.17) is 11.6 Å². The normalized spacial score (nSPS) is 13.3. The molecule has 1 unspecified atom stereocenters. The average molecular weight is 365 g/mol. The van der Waals surface area contributed by atoms with Gasteiger partial charge in [0, 0.05) is 17.8 Å². The van der Waals surface area contributed by atoms with Crippen molar-refractivity contribution in [1.29, 1.82) is 0 Å². The predicted molar refractivity (Wildman–Crippen MR) is 93.4 cm³/mol. The molecule has 2 aromatic heterocycles. The van der Waals surface area contributed by atoms with Crippen molar-refractivity contribution < 1.29 is 8.42 Å². The van der Waals surface area contributed by atoms with E-state index in [1.807, 2.05) is 17.6 Å². The second kappa shape index (κ2) is 6.51. The number of sulfonamides is 1. The summed E-state index contributed by atoms with van der Waals surface area (Å²) in [4.78, 5) is 8.76. The molecule has 0 saturated heterocycles. The van der Waals surface area contributed by atoms with Gasteiger partial charge in [-0.25, -0.2) is 18.1 Å². The van der Waals surface area contributed by atoms with E-state index in [9.17, 15) is 8.42 Å². The van der Waals surface area contributed by atoms with Gasteiger partial charge in [-0.2, -0.15) is 0 Å². The highest BCUT2D eigenvalue weighted by Gasteiger charge is 2.22. The molecule has 1 atom stereocenters. The molecule has 2 heterocycles. The molecule has 1 N–H and O–H groups in total. The third-order valence-electron chi connectivity index (χ3n) is 3.74. The number of nitrogens with zero attached hydrogens (tertiary/aromatic N) is 3. The Bertz CT molecular complexity index is 967. The smallest absolute Gasteiger partial charge is 0.241 e. The number of aromatic nitrogens is 3. The first-order valence-corrected chi connectivity index (χ1v) is 9.36. The van der Waals surface area contributed by atoms with E-state index >= 15 is 0 Å². The third-order valence-corrected chi connectivity index (χ3v) is 5.55. The predicted octanol–water partition coefficient (Wildman–Crippen LogP) is 3.14. The molecule has 0 saturated carbocycles. The van der Waals surface area contributed by atoms with E-state index < -0.39 is 16.1 Å². The van der Waals surface area contributed by atoms with Gasteiger partial charge in [0.15, 0.2) is 0 Å². The summed E-state index contributed by atoms with van der Waals surface area (Å²) in [6.45, 7) is 4.45. The molecule has 126 valence electrons. The van der Waals surface area contributed by atoms with Crippen molar-refractivity contribution in [1.82, 2.24) is 19.3 Å². The molecule has 0 aliphatic rings. The number of benzene rings is 1. The van der Waals surface area contributed by atoms with Crippen LogP contribution in [-0.2, 0) is 16.6 Å². The van der Waals surface area contributed by atoms with Crippen LogP contribution in [0.3, 0.4) is 0 Å². The quantitative estimate of drug-likeness (QED) is 0.754. The highest BCUT2D eigenvalue weighted by atomic mass is 35.5. The second-order valence-electron chi connectivity index (χ2n) is 5.38. The van der Waals surface area contributed by atoms with Crippen LogP contribution in [0.5, 0.6) is 0 Å². The van der Waals surface area contributed by atoms with Crippen molar-refractivity contribution >= 4 is 32.7 Å². The van der Waals surface area contributed by atoms with Crippen molar-refractivity contribution in [2.24, 2.45) is 0 Å². The minimum Gasteiger partial charge on any atom is -0.327 e. The van der Waals surface area contributed by atoms with Gasteiger partial charge in [-0.1, -0.05) is 11.6 Å². The van der Waals surface area contributed by atoms with Gasteiger partial charge in [-0.05, 0) is 44.2 Å². The molecule has 6 nitrogen and oxygen atoms in total. The van der Waals surface area contributed by atoms with Gasteiger partial charge in [0.1, 0.15) is 11.3 Å². The van der Waals surface area contributed by atoms with Crippen molar-refractivity contribution in [3.63, 3.8) is 0 Å². The third kappa shape index (κ3) is 3.15. The molecule has 0 spiro atoms. The number of aryl methyl sites for hydroxylation is 1. The number of pyridine rings is 1. The van der Waals surface area contributed by atoms with Crippen LogP contribution in [0.1, 0.15) is 25.7 Å². The maximum Gasteiger partial charge on any atom is 0.241 e. The van der Waals surface area contributed by atoms with Crippen LogP contribution in [0, 0.1) is 0 Å². The first-order chi connectivity index (χ1) is 11.4. The average Bonchev–Trinajstić information content (AvgIpc) is 2.93. The molecule has 8 heteroatoms. The van der Waals surface area contributed by atoms with E-state index in [1.165, 1.54) is 12.1 Å². The Morgan fingerprint density at radius 3 is 2.62 bits per heavy atom. The van der Waals surface area contributed by atoms with Gasteiger partial charge in [-0.3, -0.25) is 4.98 Å². The van der Waals surface area contributed by atoms with Crippen LogP contribution in [0.4, 0.5) is 0 Å². The Morgan fingerprint density at radius 2 is 1.96 bits per heavy atom. The highest BCUT2D eigenvalue weighted by Crippen LogP contribution is 2.22. The molecule has 3 aromatic rings. The standard InChI is InChI=1S/C16H17ClN4O2S/c1-3-21-15-8-9-18-10-14(15)19-16(21)11(2)20-24(22,23)13-6-4-12(17)5-7-13/h4-11,20H,3H2,1-2H3. The number of halogens is 1. The van der Waals surface area contributed by atoms with Crippen molar-refractivity contribution in [2.45, 2.75) is 31.3 Å². The lowest BCUT2D eigenvalue weighted by Gasteiger charge is -2.15. The topological polar surface area (TPSA) is 76.9 Å². The van der Waals surface area contributed by atoms with E-state index in [1.54, 1.807) is 31.5 Å². The van der Waals surface area contributed by atoms with Gasteiger partial charge in [0.05, 0.1) is 22.7 Å². The van der Waals surface area contributed by atoms with Crippen LogP contribution in [0.2, 0.25) is 5.02 Å². The summed E-state index contributed by atoms with van der Waals surface area (Å²) in [6.07, 6.45) is 3.37. The summed E-state index contributed by atoms with van der Waals surface area (Å²) >= 11 is 5.81. The van der Waals surface area contributed by atoms with E-state index in [2.05, 4.69) is 14.7 Å². The highest BCUT2D eigenvalue weighted by molar-refractivity contribution is 7.89. The molecule has 0 aliphatic carbocycles. The molecule has 0 fully saturated rings. The Kier molecular flexibility index (Phi) is 4.58. The first-order valence-electron chi connectivity index (χ1n) is 7.50. The van der Waals surface area contributed by atoms with E-state index in [0.717, 1.165) is 11.0 Å². The maximum absolute atomic E-state index is 12.5. The Hall–Kier alpha value is -1.96. The minimum atomic E-state index is -3.66. The molecule has 0 radical (unpaired) electrons. The number of imidazole rings is 1. The summed E-state index contributed by atoms with van der Waals surface area (Å²) in [7, 11) is -3.66. The maximum atomic E-state index is 12.5. The van der Waals surface area contributed by atoms with Crippen LogP contribution in [-0.4, -0.2) is 23.0 Å². The number of hydrogen-bond acceptors (Lipinski definition) is 4. The second-order valence-corrected chi connectivity index (χ2v) is 7.53. The molecular weight excluding hydrogens is 348 g/mol. The summed E-state index contributed by atoms with van der Waals surface area (Å²) in [5.41, 5.74) is 1.67. The van der Waals surface area contributed by atoms with Crippen LogP contribution in [0.15, 0.2) is 47.6 Å². The number of fused-ring (bicyclic) bond motifs is 1. The van der Waals surface area contributed by atoms with Crippen LogP contribution in [0.25, 0.3) is 11.0 Å². The Labute approximate surface area is 145 Å². The Morgan fingerprint density at radius 1 is 1.25 bits per heavy atom. The van der Waals surface area contributed by atoms with Crippen LogP contribution < -0.4 is 4.72 Å². The van der Waals surface area contributed by atoms with Crippen LogP contribution >= 0.6 is 11.6 Å². The SMILES string of the molecule is CCn1c(C(C)NS(=O)(=O)c2ccc(Cl)cc2)nc2cnccc21.